The van der Waals surface area contributed by atoms with Crippen LogP contribution in [0.1, 0.15) is 29.5 Å². The Bertz CT molecular complexity index is 909. The van der Waals surface area contributed by atoms with Crippen molar-refractivity contribution in [1.82, 2.24) is 9.80 Å². The molecule has 2 aliphatic heterocycles. The number of hydrogen-bond donors (Lipinski definition) is 1. The van der Waals surface area contributed by atoms with E-state index in [1.165, 1.54) is 12.1 Å². The van der Waals surface area contributed by atoms with E-state index in [-0.39, 0.29) is 11.7 Å². The predicted molar refractivity (Wildman–Crippen MR) is 113 cm³/mol. The molecule has 2 unspecified atom stereocenters. The van der Waals surface area contributed by atoms with E-state index in [1.807, 2.05) is 48.2 Å². The first-order chi connectivity index (χ1) is 14.0. The number of benzene rings is 2. The summed E-state index contributed by atoms with van der Waals surface area (Å²) in [5, 5.41) is 0. The van der Waals surface area contributed by atoms with Crippen molar-refractivity contribution in [2.75, 3.05) is 19.6 Å². The van der Waals surface area contributed by atoms with E-state index in [4.69, 9.17) is 5.73 Å². The highest BCUT2D eigenvalue weighted by Gasteiger charge is 2.40. The lowest BCUT2D eigenvalue weighted by atomic mass is 9.91. The lowest BCUT2D eigenvalue weighted by Gasteiger charge is -2.36. The first-order valence-corrected chi connectivity index (χ1v) is 10.3. The van der Waals surface area contributed by atoms with Crippen LogP contribution >= 0.6 is 0 Å². The zero-order valence-corrected chi connectivity index (χ0v) is 16.9. The number of aryl methyl sites for hydroxylation is 1. The number of piperidine rings is 1. The number of nitrogens with zero attached hydrogens (tertiary/aromatic N) is 2. The fraction of sp³-hybridized carbons (Fsp3) is 0.375. The van der Waals surface area contributed by atoms with E-state index >= 15 is 0 Å². The molecule has 2 atom stereocenters. The molecule has 152 valence electrons. The summed E-state index contributed by atoms with van der Waals surface area (Å²) in [6, 6.07) is 15.0. The van der Waals surface area contributed by atoms with Crippen molar-refractivity contribution in [2.24, 2.45) is 11.7 Å². The van der Waals surface area contributed by atoms with Gasteiger partial charge in [0, 0.05) is 25.7 Å². The van der Waals surface area contributed by atoms with Crippen LogP contribution in [0.2, 0.25) is 0 Å². The third kappa shape index (κ3) is 4.51. The fourth-order valence-electron chi connectivity index (χ4n) is 4.64. The Morgan fingerprint density at radius 2 is 2.00 bits per heavy atom. The van der Waals surface area contributed by atoms with E-state index in [0.717, 1.165) is 49.2 Å². The summed E-state index contributed by atoms with van der Waals surface area (Å²) in [5.74, 6) is 0.182. The number of halogens is 1. The molecule has 0 spiro atoms. The molecule has 0 aliphatic carbocycles. The SMILES string of the molecule is Cc1cccc(/C=C(\N)C(=O)N2CC3CCCN(Cc4ccc(F)cc4)C3C2)c1. The summed E-state index contributed by atoms with van der Waals surface area (Å²) in [5.41, 5.74) is 9.65. The molecule has 2 aromatic carbocycles. The molecule has 2 heterocycles. The zero-order valence-electron chi connectivity index (χ0n) is 16.9. The lowest BCUT2D eigenvalue weighted by Crippen LogP contribution is -2.44. The van der Waals surface area contributed by atoms with Gasteiger partial charge in [-0.05, 0) is 61.6 Å². The highest BCUT2D eigenvalue weighted by Crippen LogP contribution is 2.32. The van der Waals surface area contributed by atoms with E-state index in [0.29, 0.717) is 24.2 Å². The molecule has 2 fully saturated rings. The largest absolute Gasteiger partial charge is 0.394 e. The molecule has 4 nitrogen and oxygen atoms in total. The van der Waals surface area contributed by atoms with Crippen LogP contribution in [0, 0.1) is 18.7 Å². The van der Waals surface area contributed by atoms with Gasteiger partial charge in [-0.25, -0.2) is 4.39 Å². The molecule has 1 amide bonds. The van der Waals surface area contributed by atoms with Crippen molar-refractivity contribution in [1.29, 1.82) is 0 Å². The van der Waals surface area contributed by atoms with Crippen LogP contribution in [0.25, 0.3) is 6.08 Å². The second kappa shape index (κ2) is 8.37. The Hall–Kier alpha value is -2.66. The van der Waals surface area contributed by atoms with Gasteiger partial charge in [-0.1, -0.05) is 42.0 Å². The number of carbonyl (C=O) groups is 1. The van der Waals surface area contributed by atoms with Crippen LogP contribution in [0.4, 0.5) is 4.39 Å². The molecule has 0 bridgehead atoms. The number of nitrogens with two attached hydrogens (primary N) is 1. The van der Waals surface area contributed by atoms with Gasteiger partial charge in [0.2, 0.25) is 0 Å². The van der Waals surface area contributed by atoms with Crippen molar-refractivity contribution in [3.8, 4) is 0 Å². The van der Waals surface area contributed by atoms with Gasteiger partial charge in [0.05, 0.1) is 5.70 Å². The molecule has 2 aromatic rings. The summed E-state index contributed by atoms with van der Waals surface area (Å²) in [6.45, 7) is 5.28. The van der Waals surface area contributed by atoms with Crippen molar-refractivity contribution in [2.45, 2.75) is 32.4 Å². The van der Waals surface area contributed by atoms with Gasteiger partial charge in [0.25, 0.3) is 5.91 Å². The van der Waals surface area contributed by atoms with Gasteiger partial charge < -0.3 is 10.6 Å². The molecular weight excluding hydrogens is 365 g/mol. The van der Waals surface area contributed by atoms with E-state index < -0.39 is 0 Å². The number of likely N-dealkylation sites (tertiary alicyclic amines) is 2. The second-order valence-corrected chi connectivity index (χ2v) is 8.29. The fourth-order valence-corrected chi connectivity index (χ4v) is 4.64. The molecular formula is C24H28FN3O. The van der Waals surface area contributed by atoms with E-state index in [9.17, 15) is 9.18 Å². The monoisotopic (exact) mass is 393 g/mol. The number of rotatable bonds is 4. The summed E-state index contributed by atoms with van der Waals surface area (Å²) in [6.07, 6.45) is 4.03. The normalized spacial score (nSPS) is 22.6. The number of amides is 1. The van der Waals surface area contributed by atoms with E-state index in [1.54, 1.807) is 6.08 Å². The smallest absolute Gasteiger partial charge is 0.269 e. The molecule has 0 saturated carbocycles. The van der Waals surface area contributed by atoms with Crippen LogP contribution in [0.5, 0.6) is 0 Å². The average molecular weight is 394 g/mol. The maximum Gasteiger partial charge on any atom is 0.269 e. The van der Waals surface area contributed by atoms with Crippen LogP contribution in [0.15, 0.2) is 54.2 Å². The minimum absolute atomic E-state index is 0.0809. The molecule has 4 rings (SSSR count). The zero-order chi connectivity index (χ0) is 20.4. The summed E-state index contributed by atoms with van der Waals surface area (Å²) in [4.78, 5) is 17.3. The Balaban J connectivity index is 1.44. The number of fused-ring (bicyclic) bond motifs is 1. The first-order valence-electron chi connectivity index (χ1n) is 10.3. The average Bonchev–Trinajstić information content (AvgIpc) is 3.14. The van der Waals surface area contributed by atoms with Crippen molar-refractivity contribution < 1.29 is 9.18 Å². The van der Waals surface area contributed by atoms with Gasteiger partial charge >= 0.3 is 0 Å². The Morgan fingerprint density at radius 1 is 1.21 bits per heavy atom. The molecule has 29 heavy (non-hydrogen) atoms. The van der Waals surface area contributed by atoms with E-state index in [2.05, 4.69) is 4.90 Å². The molecule has 0 aromatic heterocycles. The van der Waals surface area contributed by atoms with Crippen molar-refractivity contribution >= 4 is 12.0 Å². The molecule has 0 radical (unpaired) electrons. The quantitative estimate of drug-likeness (QED) is 0.808. The number of carbonyl (C=O) groups excluding carboxylic acids is 1. The topological polar surface area (TPSA) is 49.6 Å². The third-order valence-electron chi connectivity index (χ3n) is 6.09. The van der Waals surface area contributed by atoms with Gasteiger partial charge in [-0.15, -0.1) is 0 Å². The van der Waals surface area contributed by atoms with Crippen LogP contribution < -0.4 is 5.73 Å². The Morgan fingerprint density at radius 3 is 2.76 bits per heavy atom. The lowest BCUT2D eigenvalue weighted by molar-refractivity contribution is -0.126. The third-order valence-corrected chi connectivity index (χ3v) is 6.09. The minimum atomic E-state index is -0.209. The molecule has 2 N–H and O–H groups in total. The van der Waals surface area contributed by atoms with Gasteiger partial charge in [-0.2, -0.15) is 0 Å². The van der Waals surface area contributed by atoms with Crippen LogP contribution in [-0.2, 0) is 11.3 Å². The molecule has 5 heteroatoms. The van der Waals surface area contributed by atoms with Gasteiger partial charge in [-0.3, -0.25) is 9.69 Å². The van der Waals surface area contributed by atoms with Gasteiger partial charge in [0.1, 0.15) is 5.82 Å². The molecule has 2 aliphatic rings. The van der Waals surface area contributed by atoms with Crippen molar-refractivity contribution in [3.05, 3.63) is 76.7 Å². The summed E-state index contributed by atoms with van der Waals surface area (Å²) >= 11 is 0. The van der Waals surface area contributed by atoms with Gasteiger partial charge in [0.15, 0.2) is 0 Å². The highest BCUT2D eigenvalue weighted by molar-refractivity contribution is 5.97. The summed E-state index contributed by atoms with van der Waals surface area (Å²) < 4.78 is 13.2. The van der Waals surface area contributed by atoms with Crippen LogP contribution in [-0.4, -0.2) is 41.4 Å². The number of hydrogen-bond acceptors (Lipinski definition) is 3. The Kier molecular flexibility index (Phi) is 5.67. The molecule has 2 saturated heterocycles. The second-order valence-electron chi connectivity index (χ2n) is 8.29. The maximum atomic E-state index is 13.2. The summed E-state index contributed by atoms with van der Waals surface area (Å²) in [7, 11) is 0. The maximum absolute atomic E-state index is 13.2. The Labute approximate surface area is 171 Å². The first kappa shape index (κ1) is 19.6. The minimum Gasteiger partial charge on any atom is -0.394 e. The highest BCUT2D eigenvalue weighted by atomic mass is 19.1. The van der Waals surface area contributed by atoms with Crippen LogP contribution in [0.3, 0.4) is 0 Å². The van der Waals surface area contributed by atoms with Crippen molar-refractivity contribution in [3.63, 3.8) is 0 Å². The standard InChI is InChI=1S/C24H28FN3O/c1-17-4-2-5-19(12-17)13-22(26)24(29)28-15-20-6-3-11-27(23(20)16-28)14-18-7-9-21(25)10-8-18/h2,4-5,7-10,12-13,20,23H,3,6,11,14-16,26H2,1H3/b22-13-. The predicted octanol–water partition coefficient (Wildman–Crippen LogP) is 3.56.